The molecule has 0 radical (unpaired) electrons. The van der Waals surface area contributed by atoms with Crippen LogP contribution < -0.4 is 5.56 Å². The van der Waals surface area contributed by atoms with E-state index < -0.39 is 0 Å². The topological polar surface area (TPSA) is 53.2 Å². The van der Waals surface area contributed by atoms with Crippen LogP contribution in [0.15, 0.2) is 64.8 Å². The number of thiophene rings is 1. The molecule has 2 aromatic heterocycles. The highest BCUT2D eigenvalue weighted by Gasteiger charge is 2.19. The highest BCUT2D eigenvalue weighted by Crippen LogP contribution is 2.21. The van der Waals surface area contributed by atoms with E-state index in [2.05, 4.69) is 11.1 Å². The Hall–Kier alpha value is -2.89. The molecule has 0 aliphatic heterocycles. The van der Waals surface area contributed by atoms with Crippen molar-refractivity contribution in [3.8, 4) is 0 Å². The van der Waals surface area contributed by atoms with Crippen molar-refractivity contribution in [3.05, 3.63) is 102 Å². The summed E-state index contributed by atoms with van der Waals surface area (Å²) < 4.78 is 0. The van der Waals surface area contributed by atoms with E-state index in [1.165, 1.54) is 0 Å². The van der Waals surface area contributed by atoms with Crippen LogP contribution >= 0.6 is 22.9 Å². The number of hydrogen-bond donors (Lipinski definition) is 1. The molecule has 0 aliphatic carbocycles. The molecule has 0 fully saturated rings. The van der Waals surface area contributed by atoms with Gasteiger partial charge < -0.3 is 9.88 Å². The van der Waals surface area contributed by atoms with Gasteiger partial charge in [0, 0.05) is 26.5 Å². The third-order valence-corrected chi connectivity index (χ3v) is 6.28. The molecule has 0 saturated carbocycles. The maximum Gasteiger partial charge on any atom is 0.254 e. The first kappa shape index (κ1) is 20.4. The largest absolute Gasteiger partial charge is 0.329 e. The third-order valence-electron chi connectivity index (χ3n) is 5.18. The van der Waals surface area contributed by atoms with E-state index in [0.717, 1.165) is 26.9 Å². The standard InChI is InChI=1S/C24H21ClN2O2S/c1-15-9-18-11-19(23(28)26-22(18)10-16(15)2)13-27(14-21-7-4-8-30-21)24(29)17-5-3-6-20(25)12-17/h3-12H,13-14H2,1-2H3,(H,26,28). The van der Waals surface area contributed by atoms with Gasteiger partial charge >= 0.3 is 0 Å². The predicted molar refractivity (Wildman–Crippen MR) is 123 cm³/mol. The minimum atomic E-state index is -0.180. The number of benzene rings is 2. The average molecular weight is 437 g/mol. The molecule has 0 saturated heterocycles. The smallest absolute Gasteiger partial charge is 0.254 e. The molecule has 4 rings (SSSR count). The van der Waals surface area contributed by atoms with E-state index in [-0.39, 0.29) is 18.0 Å². The first-order valence-electron chi connectivity index (χ1n) is 9.61. The van der Waals surface area contributed by atoms with Crippen molar-refractivity contribution in [1.29, 1.82) is 0 Å². The van der Waals surface area contributed by atoms with Gasteiger partial charge in [0.25, 0.3) is 11.5 Å². The molecule has 1 N–H and O–H groups in total. The number of pyridine rings is 1. The Morgan fingerprint density at radius 3 is 2.57 bits per heavy atom. The highest BCUT2D eigenvalue weighted by atomic mass is 35.5. The second-order valence-corrected chi connectivity index (χ2v) is 8.87. The molecule has 0 bridgehead atoms. The van der Waals surface area contributed by atoms with Gasteiger partial charge in [0.15, 0.2) is 0 Å². The average Bonchev–Trinajstić information content (AvgIpc) is 3.22. The van der Waals surface area contributed by atoms with Crippen LogP contribution in [0.1, 0.15) is 31.9 Å². The van der Waals surface area contributed by atoms with E-state index in [9.17, 15) is 9.59 Å². The summed E-state index contributed by atoms with van der Waals surface area (Å²) in [5.41, 5.74) is 3.96. The number of halogens is 1. The van der Waals surface area contributed by atoms with Crippen LogP contribution in [0.25, 0.3) is 10.9 Å². The number of rotatable bonds is 5. The van der Waals surface area contributed by atoms with Gasteiger partial charge in [-0.25, -0.2) is 0 Å². The van der Waals surface area contributed by atoms with E-state index >= 15 is 0 Å². The van der Waals surface area contributed by atoms with Crippen molar-refractivity contribution in [3.63, 3.8) is 0 Å². The Bertz CT molecular complexity index is 1280. The molecule has 2 aromatic carbocycles. The van der Waals surface area contributed by atoms with Crippen LogP contribution in [0.5, 0.6) is 0 Å². The zero-order valence-corrected chi connectivity index (χ0v) is 18.3. The van der Waals surface area contributed by atoms with Crippen molar-refractivity contribution < 1.29 is 4.79 Å². The van der Waals surface area contributed by atoms with Gasteiger partial charge in [-0.05, 0) is 78.2 Å². The lowest BCUT2D eigenvalue weighted by molar-refractivity contribution is 0.0731. The summed E-state index contributed by atoms with van der Waals surface area (Å²) in [4.78, 5) is 31.7. The second kappa shape index (κ2) is 8.46. The van der Waals surface area contributed by atoms with E-state index in [0.29, 0.717) is 22.7 Å². The number of hydrogen-bond acceptors (Lipinski definition) is 3. The fourth-order valence-electron chi connectivity index (χ4n) is 3.44. The maximum atomic E-state index is 13.3. The maximum absolute atomic E-state index is 13.3. The van der Waals surface area contributed by atoms with Crippen LogP contribution in [0, 0.1) is 13.8 Å². The number of aryl methyl sites for hydroxylation is 2. The van der Waals surface area contributed by atoms with Crippen LogP contribution in [0.4, 0.5) is 0 Å². The van der Waals surface area contributed by atoms with Crippen LogP contribution in [0.3, 0.4) is 0 Å². The van der Waals surface area contributed by atoms with Crippen molar-refractivity contribution in [2.75, 3.05) is 0 Å². The second-order valence-electron chi connectivity index (χ2n) is 7.40. The first-order valence-corrected chi connectivity index (χ1v) is 10.9. The SMILES string of the molecule is Cc1cc2cc(CN(Cc3cccs3)C(=O)c3cccc(Cl)c3)c(=O)[nH]c2cc1C. The molecule has 152 valence electrons. The van der Waals surface area contributed by atoms with Gasteiger partial charge in [0.2, 0.25) is 0 Å². The summed E-state index contributed by atoms with van der Waals surface area (Å²) in [7, 11) is 0. The Morgan fingerprint density at radius 2 is 1.83 bits per heavy atom. The van der Waals surface area contributed by atoms with Crippen molar-refractivity contribution >= 4 is 39.7 Å². The molecule has 4 aromatic rings. The normalized spacial score (nSPS) is 11.0. The van der Waals surface area contributed by atoms with Crippen molar-refractivity contribution in [1.82, 2.24) is 9.88 Å². The zero-order chi connectivity index (χ0) is 21.3. The third kappa shape index (κ3) is 4.32. The number of H-pyrrole nitrogens is 1. The van der Waals surface area contributed by atoms with Crippen LogP contribution in [0.2, 0.25) is 5.02 Å². The summed E-state index contributed by atoms with van der Waals surface area (Å²) >= 11 is 7.67. The van der Waals surface area contributed by atoms with Crippen LogP contribution in [-0.2, 0) is 13.1 Å². The number of carbonyl (C=O) groups is 1. The van der Waals surface area contributed by atoms with E-state index in [4.69, 9.17) is 11.6 Å². The van der Waals surface area contributed by atoms with Gasteiger partial charge in [-0.3, -0.25) is 9.59 Å². The lowest BCUT2D eigenvalue weighted by Crippen LogP contribution is -2.32. The van der Waals surface area contributed by atoms with Crippen molar-refractivity contribution in [2.24, 2.45) is 0 Å². The minimum absolute atomic E-state index is 0.162. The highest BCUT2D eigenvalue weighted by molar-refractivity contribution is 7.09. The lowest BCUT2D eigenvalue weighted by Gasteiger charge is -2.22. The predicted octanol–water partition coefficient (Wildman–Crippen LogP) is 5.70. The van der Waals surface area contributed by atoms with Gasteiger partial charge in [-0.1, -0.05) is 23.7 Å². The zero-order valence-electron chi connectivity index (χ0n) is 16.7. The van der Waals surface area contributed by atoms with E-state index in [1.807, 2.05) is 43.5 Å². The molecule has 0 spiro atoms. The fraction of sp³-hybridized carbons (Fsp3) is 0.167. The number of nitrogens with one attached hydrogen (secondary N) is 1. The number of fused-ring (bicyclic) bond motifs is 1. The minimum Gasteiger partial charge on any atom is -0.329 e. The lowest BCUT2D eigenvalue weighted by atomic mass is 10.0. The number of carbonyl (C=O) groups excluding carboxylic acids is 1. The van der Waals surface area contributed by atoms with Crippen LogP contribution in [-0.4, -0.2) is 15.8 Å². The molecule has 0 aliphatic rings. The Balaban J connectivity index is 1.72. The molecular weight excluding hydrogens is 416 g/mol. The molecule has 0 unspecified atom stereocenters. The quantitative estimate of drug-likeness (QED) is 0.436. The monoisotopic (exact) mass is 436 g/mol. The molecule has 6 heteroatoms. The number of aromatic amines is 1. The summed E-state index contributed by atoms with van der Waals surface area (Å²) in [5, 5.41) is 3.44. The fourth-order valence-corrected chi connectivity index (χ4v) is 4.35. The van der Waals surface area contributed by atoms with Gasteiger partial charge in [-0.2, -0.15) is 0 Å². The Kier molecular flexibility index (Phi) is 5.75. The molecular formula is C24H21ClN2O2S. The Labute approximate surface area is 183 Å². The Morgan fingerprint density at radius 1 is 1.03 bits per heavy atom. The summed E-state index contributed by atoms with van der Waals surface area (Å²) in [6.45, 7) is 4.70. The first-order chi connectivity index (χ1) is 14.4. The number of nitrogens with zero attached hydrogens (tertiary/aromatic N) is 1. The summed E-state index contributed by atoms with van der Waals surface area (Å²) in [5.74, 6) is -0.162. The summed E-state index contributed by atoms with van der Waals surface area (Å²) in [6.07, 6.45) is 0. The van der Waals surface area contributed by atoms with Crippen molar-refractivity contribution in [2.45, 2.75) is 26.9 Å². The van der Waals surface area contributed by atoms with E-state index in [1.54, 1.807) is 40.5 Å². The van der Waals surface area contributed by atoms with Gasteiger partial charge in [-0.15, -0.1) is 11.3 Å². The molecule has 1 amide bonds. The molecule has 30 heavy (non-hydrogen) atoms. The van der Waals surface area contributed by atoms with Gasteiger partial charge in [0.05, 0.1) is 13.1 Å². The molecule has 4 nitrogen and oxygen atoms in total. The summed E-state index contributed by atoms with van der Waals surface area (Å²) in [6, 6.07) is 16.8. The number of amides is 1. The van der Waals surface area contributed by atoms with Gasteiger partial charge in [0.1, 0.15) is 0 Å². The molecule has 2 heterocycles. The molecule has 0 atom stereocenters. The number of aromatic nitrogens is 1.